The number of aliphatic carboxylic acids is 1. The lowest BCUT2D eigenvalue weighted by molar-refractivity contribution is -0.147. The molecule has 0 aromatic carbocycles. The fourth-order valence-corrected chi connectivity index (χ4v) is 2.42. The summed E-state index contributed by atoms with van der Waals surface area (Å²) < 4.78 is 0. The maximum atomic E-state index is 12.1. The van der Waals surface area contributed by atoms with Crippen molar-refractivity contribution in [3.63, 3.8) is 0 Å². The van der Waals surface area contributed by atoms with Crippen LogP contribution in [-0.2, 0) is 4.79 Å². The van der Waals surface area contributed by atoms with Gasteiger partial charge in [0.25, 0.3) is 0 Å². The topological polar surface area (TPSA) is 101 Å². The summed E-state index contributed by atoms with van der Waals surface area (Å²) >= 11 is 0. The minimum atomic E-state index is -0.914. The lowest BCUT2D eigenvalue weighted by Gasteiger charge is -2.25. The van der Waals surface area contributed by atoms with E-state index in [0.717, 1.165) is 0 Å². The predicted octanol–water partition coefficient (Wildman–Crippen LogP) is -1.06. The van der Waals surface area contributed by atoms with Crippen LogP contribution in [0.5, 0.6) is 0 Å². The molecule has 0 bridgehead atoms. The average molecular weight is 258 g/mol. The zero-order valence-electron chi connectivity index (χ0n) is 10.2. The van der Waals surface area contributed by atoms with Crippen LogP contribution in [0.15, 0.2) is 0 Å². The van der Waals surface area contributed by atoms with Crippen molar-refractivity contribution in [2.75, 3.05) is 26.2 Å². The molecule has 3 N–H and O–H groups in total. The number of hydrogen-bond donors (Lipinski definition) is 3. The molecule has 2 amide bonds. The van der Waals surface area contributed by atoms with Crippen LogP contribution in [0.4, 0.5) is 4.79 Å². The second-order valence-corrected chi connectivity index (χ2v) is 5.36. The predicted molar refractivity (Wildman–Crippen MR) is 60.9 cm³/mol. The minimum Gasteiger partial charge on any atom is -0.481 e. The molecule has 2 rings (SSSR count). The summed E-state index contributed by atoms with van der Waals surface area (Å²) in [4.78, 5) is 26.0. The van der Waals surface area contributed by atoms with Gasteiger partial charge in [-0.2, -0.15) is 0 Å². The molecule has 2 aliphatic heterocycles. The van der Waals surface area contributed by atoms with Crippen molar-refractivity contribution in [1.82, 2.24) is 9.80 Å². The second-order valence-electron chi connectivity index (χ2n) is 5.36. The third-order valence-electron chi connectivity index (χ3n) is 3.79. The van der Waals surface area contributed by atoms with Gasteiger partial charge in [0.2, 0.25) is 0 Å². The third kappa shape index (κ3) is 2.15. The number of β-amino-alcohol motifs (C(OH)–C–C–N with tert-alkyl or cyclic N) is 2. The molecular weight excluding hydrogens is 240 g/mol. The Bertz CT molecular complexity index is 364. The van der Waals surface area contributed by atoms with Crippen LogP contribution in [0, 0.1) is 5.41 Å². The first-order valence-corrected chi connectivity index (χ1v) is 5.97. The summed E-state index contributed by atoms with van der Waals surface area (Å²) in [6.07, 6.45) is -1.41. The quantitative estimate of drug-likeness (QED) is 0.556. The van der Waals surface area contributed by atoms with Gasteiger partial charge in [-0.25, -0.2) is 4.79 Å². The van der Waals surface area contributed by atoms with Gasteiger partial charge in [0.15, 0.2) is 0 Å². The summed E-state index contributed by atoms with van der Waals surface area (Å²) in [7, 11) is 0. The first kappa shape index (κ1) is 13.1. The molecule has 0 aliphatic carbocycles. The van der Waals surface area contributed by atoms with Crippen LogP contribution in [0.3, 0.4) is 0 Å². The van der Waals surface area contributed by atoms with Gasteiger partial charge < -0.3 is 25.1 Å². The number of nitrogens with zero attached hydrogens (tertiary/aromatic N) is 2. The number of carboxylic acid groups (broad SMARTS) is 1. The lowest BCUT2D eigenvalue weighted by atomic mass is 9.90. The number of carbonyl (C=O) groups excluding carboxylic acids is 1. The standard InChI is InChI=1S/C11H18N2O5/c1-11(9(16)17)2-3-12(6-11)10(18)13-4-7(14)8(15)5-13/h7-8,14-15H,2-6H2,1H3,(H,16,17). The van der Waals surface area contributed by atoms with Crippen molar-refractivity contribution in [3.8, 4) is 0 Å². The van der Waals surface area contributed by atoms with E-state index >= 15 is 0 Å². The van der Waals surface area contributed by atoms with E-state index in [1.807, 2.05) is 0 Å². The maximum Gasteiger partial charge on any atom is 0.320 e. The molecule has 2 aliphatic rings. The molecule has 18 heavy (non-hydrogen) atoms. The first-order valence-electron chi connectivity index (χ1n) is 5.97. The number of amides is 2. The molecule has 2 heterocycles. The fraction of sp³-hybridized carbons (Fsp3) is 0.818. The minimum absolute atomic E-state index is 0.0975. The average Bonchev–Trinajstić information content (AvgIpc) is 2.84. The number of aliphatic hydroxyl groups excluding tert-OH is 2. The van der Waals surface area contributed by atoms with Crippen molar-refractivity contribution in [3.05, 3.63) is 0 Å². The SMILES string of the molecule is CC1(C(=O)O)CCN(C(=O)N2CC(O)C(O)C2)C1. The van der Waals surface area contributed by atoms with Crippen LogP contribution in [0.25, 0.3) is 0 Å². The van der Waals surface area contributed by atoms with Crippen molar-refractivity contribution in [2.45, 2.75) is 25.6 Å². The number of carbonyl (C=O) groups is 2. The molecule has 3 atom stereocenters. The Morgan fingerprint density at radius 2 is 1.72 bits per heavy atom. The van der Waals surface area contributed by atoms with Crippen molar-refractivity contribution in [2.24, 2.45) is 5.41 Å². The van der Waals surface area contributed by atoms with Crippen LogP contribution in [0.1, 0.15) is 13.3 Å². The largest absolute Gasteiger partial charge is 0.481 e. The zero-order chi connectivity index (χ0) is 13.5. The normalized spacial score (nSPS) is 36.2. The smallest absolute Gasteiger partial charge is 0.320 e. The number of rotatable bonds is 1. The Hall–Kier alpha value is -1.34. The number of aliphatic hydroxyl groups is 2. The molecule has 0 aromatic rings. The molecule has 7 nitrogen and oxygen atoms in total. The highest BCUT2D eigenvalue weighted by molar-refractivity contribution is 5.79. The third-order valence-corrected chi connectivity index (χ3v) is 3.79. The van der Waals surface area contributed by atoms with Crippen LogP contribution < -0.4 is 0 Å². The zero-order valence-corrected chi connectivity index (χ0v) is 10.2. The molecule has 3 unspecified atom stereocenters. The maximum absolute atomic E-state index is 12.1. The summed E-state index contributed by atoms with van der Waals surface area (Å²) in [5, 5.41) is 27.9. The molecule has 0 saturated carbocycles. The van der Waals surface area contributed by atoms with Gasteiger partial charge in [-0.05, 0) is 13.3 Å². The van der Waals surface area contributed by atoms with Gasteiger partial charge in [-0.15, -0.1) is 0 Å². The van der Waals surface area contributed by atoms with Gasteiger partial charge in [0, 0.05) is 13.1 Å². The highest BCUT2D eigenvalue weighted by Crippen LogP contribution is 2.31. The van der Waals surface area contributed by atoms with E-state index in [9.17, 15) is 19.8 Å². The van der Waals surface area contributed by atoms with E-state index in [0.29, 0.717) is 13.0 Å². The summed E-state index contributed by atoms with van der Waals surface area (Å²) in [5.41, 5.74) is -0.896. The molecule has 2 fully saturated rings. The van der Waals surface area contributed by atoms with Gasteiger partial charge in [0.1, 0.15) is 0 Å². The molecule has 102 valence electrons. The van der Waals surface area contributed by atoms with E-state index in [1.165, 1.54) is 9.80 Å². The monoisotopic (exact) mass is 258 g/mol. The Labute approximate surface area is 105 Å². The van der Waals surface area contributed by atoms with Crippen LogP contribution >= 0.6 is 0 Å². The van der Waals surface area contributed by atoms with Gasteiger partial charge in [0.05, 0.1) is 30.7 Å². The number of urea groups is 1. The van der Waals surface area contributed by atoms with Gasteiger partial charge >= 0.3 is 12.0 Å². The van der Waals surface area contributed by atoms with E-state index in [2.05, 4.69) is 0 Å². The Kier molecular flexibility index (Phi) is 3.20. The Balaban J connectivity index is 1.98. The molecule has 0 aromatic heterocycles. The highest BCUT2D eigenvalue weighted by Gasteiger charge is 2.44. The van der Waals surface area contributed by atoms with Crippen LogP contribution in [-0.4, -0.2) is 75.5 Å². The lowest BCUT2D eigenvalue weighted by Crippen LogP contribution is -2.43. The van der Waals surface area contributed by atoms with Crippen molar-refractivity contribution in [1.29, 1.82) is 0 Å². The van der Waals surface area contributed by atoms with Gasteiger partial charge in [-0.1, -0.05) is 0 Å². The van der Waals surface area contributed by atoms with Crippen molar-refractivity contribution >= 4 is 12.0 Å². The van der Waals surface area contributed by atoms with Gasteiger partial charge in [-0.3, -0.25) is 4.79 Å². The second kappa shape index (κ2) is 4.40. The van der Waals surface area contributed by atoms with E-state index in [-0.39, 0.29) is 25.7 Å². The Morgan fingerprint density at radius 1 is 1.17 bits per heavy atom. The van der Waals surface area contributed by atoms with E-state index in [4.69, 9.17) is 5.11 Å². The summed E-state index contributed by atoms with van der Waals surface area (Å²) in [6.45, 7) is 2.38. The van der Waals surface area contributed by atoms with Crippen molar-refractivity contribution < 1.29 is 24.9 Å². The molecule has 0 spiro atoms. The summed E-state index contributed by atoms with van der Waals surface area (Å²) in [5.74, 6) is -0.903. The summed E-state index contributed by atoms with van der Waals surface area (Å²) in [6, 6.07) is -0.310. The first-order chi connectivity index (χ1) is 8.33. The highest BCUT2D eigenvalue weighted by atomic mass is 16.4. The molecular formula is C11H18N2O5. The molecule has 0 radical (unpaired) electrons. The van der Waals surface area contributed by atoms with Crippen LogP contribution in [0.2, 0.25) is 0 Å². The number of hydrogen-bond acceptors (Lipinski definition) is 4. The number of carboxylic acids is 1. The fourth-order valence-electron chi connectivity index (χ4n) is 2.42. The Morgan fingerprint density at radius 3 is 2.17 bits per heavy atom. The molecule has 7 heteroatoms. The number of likely N-dealkylation sites (tertiary alicyclic amines) is 2. The van der Waals surface area contributed by atoms with E-state index < -0.39 is 23.6 Å². The molecule has 2 saturated heterocycles. The van der Waals surface area contributed by atoms with E-state index in [1.54, 1.807) is 6.92 Å².